The van der Waals surface area contributed by atoms with Crippen molar-refractivity contribution in [2.24, 2.45) is 4.99 Å². The summed E-state index contributed by atoms with van der Waals surface area (Å²) in [5.41, 5.74) is 2.97. The summed E-state index contributed by atoms with van der Waals surface area (Å²) in [5.74, 6) is 1.99. The van der Waals surface area contributed by atoms with Gasteiger partial charge in [0.1, 0.15) is 17.3 Å². The fourth-order valence-electron chi connectivity index (χ4n) is 3.33. The fourth-order valence-corrected chi connectivity index (χ4v) is 3.33. The summed E-state index contributed by atoms with van der Waals surface area (Å²) in [6.07, 6.45) is 2.66. The molecule has 0 radical (unpaired) electrons. The van der Waals surface area contributed by atoms with E-state index in [1.165, 1.54) is 6.07 Å². The maximum atomic E-state index is 13.5. The van der Waals surface area contributed by atoms with Crippen LogP contribution in [0.3, 0.4) is 0 Å². The molecule has 1 atom stereocenters. The van der Waals surface area contributed by atoms with Gasteiger partial charge in [-0.05, 0) is 55.3 Å². The summed E-state index contributed by atoms with van der Waals surface area (Å²) in [6, 6.07) is 10.4. The Kier molecular flexibility index (Phi) is 6.59. The second-order valence-corrected chi connectivity index (χ2v) is 6.73. The monoisotopic (exact) mass is 398 g/mol. The van der Waals surface area contributed by atoms with Crippen LogP contribution in [-0.4, -0.2) is 38.8 Å². The molecule has 154 valence electrons. The highest BCUT2D eigenvalue weighted by Gasteiger charge is 2.14. The molecule has 7 heteroatoms. The Morgan fingerprint density at radius 3 is 2.72 bits per heavy atom. The molecule has 2 aromatic carbocycles. The summed E-state index contributed by atoms with van der Waals surface area (Å²) >= 11 is 0. The number of rotatable bonds is 7. The van der Waals surface area contributed by atoms with Gasteiger partial charge in [-0.25, -0.2) is 4.39 Å². The van der Waals surface area contributed by atoms with E-state index in [0.29, 0.717) is 12.5 Å². The van der Waals surface area contributed by atoms with Crippen LogP contribution in [0, 0.1) is 5.82 Å². The quantitative estimate of drug-likeness (QED) is 0.418. The summed E-state index contributed by atoms with van der Waals surface area (Å²) in [5, 5.41) is 7.59. The Morgan fingerprint density at radius 1 is 1.17 bits per heavy atom. The molecule has 0 saturated heterocycles. The molecule has 1 heterocycles. The lowest BCUT2D eigenvalue weighted by molar-refractivity contribution is 0.394. The number of aromatic amines is 1. The molecule has 0 saturated carbocycles. The van der Waals surface area contributed by atoms with Gasteiger partial charge in [0.25, 0.3) is 0 Å². The number of nitrogens with one attached hydrogen (secondary N) is 3. The number of methoxy groups -OCH3 is 2. The lowest BCUT2D eigenvalue weighted by Gasteiger charge is -2.20. The van der Waals surface area contributed by atoms with Crippen molar-refractivity contribution < 1.29 is 13.9 Å². The molecule has 0 spiro atoms. The zero-order valence-electron chi connectivity index (χ0n) is 17.2. The van der Waals surface area contributed by atoms with Gasteiger partial charge in [-0.3, -0.25) is 4.99 Å². The Bertz CT molecular complexity index is 1000. The van der Waals surface area contributed by atoms with E-state index in [9.17, 15) is 4.39 Å². The molecule has 3 aromatic rings. The predicted molar refractivity (Wildman–Crippen MR) is 114 cm³/mol. The Morgan fingerprint density at radius 2 is 2.00 bits per heavy atom. The van der Waals surface area contributed by atoms with Gasteiger partial charge in [-0.15, -0.1) is 0 Å². The van der Waals surface area contributed by atoms with Crippen molar-refractivity contribution in [3.63, 3.8) is 0 Å². The van der Waals surface area contributed by atoms with Crippen LogP contribution in [-0.2, 0) is 6.42 Å². The Hall–Kier alpha value is -3.22. The number of H-pyrrole nitrogens is 1. The van der Waals surface area contributed by atoms with Gasteiger partial charge in [0.2, 0.25) is 0 Å². The minimum Gasteiger partial charge on any atom is -0.497 e. The smallest absolute Gasteiger partial charge is 0.191 e. The van der Waals surface area contributed by atoms with Crippen molar-refractivity contribution in [1.29, 1.82) is 0 Å². The van der Waals surface area contributed by atoms with E-state index in [1.807, 2.05) is 31.3 Å². The lowest BCUT2D eigenvalue weighted by Crippen LogP contribution is -2.39. The molecule has 1 aromatic heterocycles. The fraction of sp³-hybridized carbons (Fsp3) is 0.318. The highest BCUT2D eigenvalue weighted by Crippen LogP contribution is 2.29. The third-order valence-corrected chi connectivity index (χ3v) is 4.90. The van der Waals surface area contributed by atoms with Gasteiger partial charge in [0.05, 0.1) is 20.3 Å². The molecule has 0 aliphatic rings. The molecule has 1 unspecified atom stereocenters. The molecule has 3 rings (SSSR count). The summed E-state index contributed by atoms with van der Waals surface area (Å²) in [6.45, 7) is 2.69. The topological polar surface area (TPSA) is 70.7 Å². The minimum absolute atomic E-state index is 0.0477. The van der Waals surface area contributed by atoms with Crippen LogP contribution in [0.15, 0.2) is 47.6 Å². The lowest BCUT2D eigenvalue weighted by atomic mass is 10.1. The van der Waals surface area contributed by atoms with Crippen LogP contribution < -0.4 is 20.1 Å². The second kappa shape index (κ2) is 9.32. The number of ether oxygens (including phenoxy) is 2. The first kappa shape index (κ1) is 20.5. The maximum Gasteiger partial charge on any atom is 0.191 e. The first-order chi connectivity index (χ1) is 14.0. The van der Waals surface area contributed by atoms with Crippen molar-refractivity contribution in [2.75, 3.05) is 27.8 Å². The van der Waals surface area contributed by atoms with E-state index in [4.69, 9.17) is 9.47 Å². The van der Waals surface area contributed by atoms with E-state index in [2.05, 4.69) is 20.6 Å². The Labute approximate surface area is 170 Å². The van der Waals surface area contributed by atoms with Crippen LogP contribution in [0.1, 0.15) is 24.1 Å². The molecule has 3 N–H and O–H groups in total. The van der Waals surface area contributed by atoms with Gasteiger partial charge in [0, 0.05) is 36.3 Å². The largest absolute Gasteiger partial charge is 0.497 e. The van der Waals surface area contributed by atoms with Crippen LogP contribution in [0.4, 0.5) is 4.39 Å². The van der Waals surface area contributed by atoms with Crippen LogP contribution in [0.25, 0.3) is 10.9 Å². The zero-order chi connectivity index (χ0) is 20.8. The molecule has 0 bridgehead atoms. The third-order valence-electron chi connectivity index (χ3n) is 4.90. The van der Waals surface area contributed by atoms with Gasteiger partial charge >= 0.3 is 0 Å². The molecule has 0 fully saturated rings. The second-order valence-electron chi connectivity index (χ2n) is 6.73. The number of hydrogen-bond acceptors (Lipinski definition) is 3. The standard InChI is InChI=1S/C22H27FN4O2/c1-14(18-12-17(28-3)6-8-21(18)29-4)27-22(24-2)25-10-9-15-13-26-20-7-5-16(23)11-19(15)20/h5-8,11-14,26H,9-10H2,1-4H3,(H2,24,25,27). The van der Waals surface area contributed by atoms with Gasteiger partial charge < -0.3 is 25.1 Å². The predicted octanol–water partition coefficient (Wildman–Crippen LogP) is 3.79. The van der Waals surface area contributed by atoms with E-state index in [0.717, 1.165) is 39.9 Å². The number of aliphatic imine (C=N–C) groups is 1. The number of hydrogen-bond donors (Lipinski definition) is 3. The maximum absolute atomic E-state index is 13.5. The van der Waals surface area contributed by atoms with E-state index < -0.39 is 0 Å². The third kappa shape index (κ3) is 4.80. The van der Waals surface area contributed by atoms with Crippen LogP contribution in [0.5, 0.6) is 11.5 Å². The number of fused-ring (bicyclic) bond motifs is 1. The number of guanidine groups is 1. The van der Waals surface area contributed by atoms with Crippen molar-refractivity contribution in [1.82, 2.24) is 15.6 Å². The molecule has 0 amide bonds. The molecular weight excluding hydrogens is 371 g/mol. The first-order valence-corrected chi connectivity index (χ1v) is 9.50. The molecular formula is C22H27FN4O2. The van der Waals surface area contributed by atoms with Gasteiger partial charge in [0.15, 0.2) is 5.96 Å². The zero-order valence-corrected chi connectivity index (χ0v) is 17.2. The highest BCUT2D eigenvalue weighted by atomic mass is 19.1. The molecule has 29 heavy (non-hydrogen) atoms. The highest BCUT2D eigenvalue weighted by molar-refractivity contribution is 5.83. The van der Waals surface area contributed by atoms with E-state index in [-0.39, 0.29) is 11.9 Å². The van der Waals surface area contributed by atoms with Crippen molar-refractivity contribution in [3.05, 3.63) is 59.5 Å². The minimum atomic E-state index is -0.232. The van der Waals surface area contributed by atoms with Crippen molar-refractivity contribution in [3.8, 4) is 11.5 Å². The summed E-state index contributed by atoms with van der Waals surface area (Å²) in [7, 11) is 5.02. The number of aromatic nitrogens is 1. The average Bonchev–Trinajstić information content (AvgIpc) is 3.14. The molecule has 0 aliphatic heterocycles. The van der Waals surface area contributed by atoms with E-state index in [1.54, 1.807) is 33.4 Å². The Balaban J connectivity index is 1.63. The van der Waals surface area contributed by atoms with Crippen molar-refractivity contribution in [2.45, 2.75) is 19.4 Å². The average molecular weight is 398 g/mol. The van der Waals surface area contributed by atoms with Gasteiger partial charge in [-0.2, -0.15) is 0 Å². The molecule has 6 nitrogen and oxygen atoms in total. The van der Waals surface area contributed by atoms with Crippen molar-refractivity contribution >= 4 is 16.9 Å². The summed E-state index contributed by atoms with van der Waals surface area (Å²) in [4.78, 5) is 7.48. The first-order valence-electron chi connectivity index (χ1n) is 9.50. The van der Waals surface area contributed by atoms with Crippen LogP contribution in [0.2, 0.25) is 0 Å². The van der Waals surface area contributed by atoms with Gasteiger partial charge in [-0.1, -0.05) is 0 Å². The summed E-state index contributed by atoms with van der Waals surface area (Å²) < 4.78 is 24.3. The molecule has 0 aliphatic carbocycles. The van der Waals surface area contributed by atoms with E-state index >= 15 is 0 Å². The number of halogens is 1. The normalized spacial score (nSPS) is 12.7. The van der Waals surface area contributed by atoms with Crippen LogP contribution >= 0.6 is 0 Å². The SMILES string of the molecule is CN=C(NCCc1c[nH]c2ccc(F)cc12)NC(C)c1cc(OC)ccc1OC. The number of benzene rings is 2. The number of nitrogens with zero attached hydrogens (tertiary/aromatic N) is 1.